The quantitative estimate of drug-likeness (QED) is 0.669. The Morgan fingerprint density at radius 2 is 1.89 bits per heavy atom. The van der Waals surface area contributed by atoms with E-state index in [4.69, 9.17) is 4.74 Å². The molecule has 6 nitrogen and oxygen atoms in total. The molecule has 27 heavy (non-hydrogen) atoms. The Hall–Kier alpha value is -2.45. The first-order valence-corrected chi connectivity index (χ1v) is 10.7. The van der Waals surface area contributed by atoms with Gasteiger partial charge in [0.1, 0.15) is 11.3 Å². The maximum absolute atomic E-state index is 12.6. The smallest absolute Gasteiger partial charge is 0.279 e. The van der Waals surface area contributed by atoms with E-state index in [9.17, 15) is 13.2 Å². The molecule has 0 saturated heterocycles. The molecule has 0 aliphatic rings. The van der Waals surface area contributed by atoms with Gasteiger partial charge in [0.25, 0.3) is 5.91 Å². The van der Waals surface area contributed by atoms with Crippen molar-refractivity contribution in [3.8, 4) is 5.75 Å². The highest BCUT2D eigenvalue weighted by Gasteiger charge is 2.20. The molecular weight excluding hydrogens is 384 g/mol. The van der Waals surface area contributed by atoms with Gasteiger partial charge in [-0.3, -0.25) is 4.79 Å². The molecule has 0 aliphatic heterocycles. The zero-order valence-corrected chi connectivity index (χ0v) is 17.1. The van der Waals surface area contributed by atoms with Gasteiger partial charge in [0, 0.05) is 12.6 Å². The normalized spacial score (nSPS) is 12.7. The molecule has 8 heteroatoms. The van der Waals surface area contributed by atoms with E-state index in [1.165, 1.54) is 23.5 Å². The zero-order chi connectivity index (χ0) is 19.8. The first kappa shape index (κ1) is 19.3. The molecule has 0 bridgehead atoms. The fourth-order valence-corrected chi connectivity index (χ4v) is 4.81. The SMILES string of the molecule is COc1cccc2sc(=NC(=O)c3cccc(S(=O)(=O)C(C)C)c3)n(C)c12. The fraction of sp³-hybridized carbons (Fsp3) is 0.263. The van der Waals surface area contributed by atoms with Crippen LogP contribution in [-0.2, 0) is 16.9 Å². The number of carbonyl (C=O) groups excluding carboxylic acids is 1. The van der Waals surface area contributed by atoms with Gasteiger partial charge in [-0.05, 0) is 44.2 Å². The summed E-state index contributed by atoms with van der Waals surface area (Å²) >= 11 is 1.37. The van der Waals surface area contributed by atoms with Crippen molar-refractivity contribution in [1.82, 2.24) is 4.57 Å². The lowest BCUT2D eigenvalue weighted by Gasteiger charge is -2.08. The third-order valence-corrected chi connectivity index (χ3v) is 7.48. The Morgan fingerprint density at radius 1 is 1.19 bits per heavy atom. The summed E-state index contributed by atoms with van der Waals surface area (Å²) in [6.07, 6.45) is 0. The van der Waals surface area contributed by atoms with Crippen LogP contribution in [0.4, 0.5) is 0 Å². The standard InChI is InChI=1S/C19H20N2O4S2/c1-12(2)27(23,24)14-8-5-7-13(11-14)18(22)20-19-21(3)17-15(25-4)9-6-10-16(17)26-19/h5-12H,1-4H3. The number of methoxy groups -OCH3 is 1. The molecule has 0 unspecified atom stereocenters. The second-order valence-electron chi connectivity index (χ2n) is 6.29. The average molecular weight is 405 g/mol. The maximum atomic E-state index is 12.6. The molecule has 0 atom stereocenters. The number of para-hydroxylation sites is 1. The van der Waals surface area contributed by atoms with Gasteiger partial charge in [-0.1, -0.05) is 23.5 Å². The van der Waals surface area contributed by atoms with Crippen LogP contribution in [0.5, 0.6) is 5.75 Å². The molecule has 142 valence electrons. The second-order valence-corrected chi connectivity index (χ2v) is 9.80. The summed E-state index contributed by atoms with van der Waals surface area (Å²) in [5.74, 6) is 0.210. The number of thiazole rings is 1. The molecule has 0 N–H and O–H groups in total. The molecule has 2 aromatic carbocycles. The Kier molecular flexibility index (Phi) is 5.21. The van der Waals surface area contributed by atoms with Crippen molar-refractivity contribution in [2.24, 2.45) is 12.0 Å². The van der Waals surface area contributed by atoms with Crippen LogP contribution in [0.15, 0.2) is 52.4 Å². The van der Waals surface area contributed by atoms with E-state index in [0.717, 1.165) is 10.2 Å². The number of benzene rings is 2. The first-order valence-electron chi connectivity index (χ1n) is 8.31. The van der Waals surface area contributed by atoms with Crippen LogP contribution in [0.3, 0.4) is 0 Å². The van der Waals surface area contributed by atoms with E-state index in [1.54, 1.807) is 37.7 Å². The van der Waals surface area contributed by atoms with Crippen molar-refractivity contribution in [2.75, 3.05) is 7.11 Å². The molecule has 0 saturated carbocycles. The van der Waals surface area contributed by atoms with Crippen molar-refractivity contribution in [2.45, 2.75) is 24.0 Å². The van der Waals surface area contributed by atoms with Gasteiger partial charge in [-0.25, -0.2) is 8.42 Å². The molecule has 3 aromatic rings. The third kappa shape index (κ3) is 3.54. The number of aromatic nitrogens is 1. The number of amides is 1. The lowest BCUT2D eigenvalue weighted by Crippen LogP contribution is -2.16. The summed E-state index contributed by atoms with van der Waals surface area (Å²) in [5, 5.41) is -0.562. The largest absolute Gasteiger partial charge is 0.495 e. The van der Waals surface area contributed by atoms with Gasteiger partial charge >= 0.3 is 0 Å². The highest BCUT2D eigenvalue weighted by Crippen LogP contribution is 2.26. The monoisotopic (exact) mass is 404 g/mol. The number of ether oxygens (including phenoxy) is 1. The summed E-state index contributed by atoms with van der Waals surface area (Å²) in [4.78, 5) is 17.5. The topological polar surface area (TPSA) is 77.7 Å². The van der Waals surface area contributed by atoms with Crippen LogP contribution in [0.1, 0.15) is 24.2 Å². The molecule has 1 heterocycles. The van der Waals surface area contributed by atoms with Crippen LogP contribution in [0.25, 0.3) is 10.2 Å². The minimum Gasteiger partial charge on any atom is -0.495 e. The number of rotatable bonds is 4. The van der Waals surface area contributed by atoms with E-state index < -0.39 is 21.0 Å². The van der Waals surface area contributed by atoms with Crippen molar-refractivity contribution >= 4 is 37.3 Å². The number of hydrogen-bond acceptors (Lipinski definition) is 5. The Morgan fingerprint density at radius 3 is 2.56 bits per heavy atom. The molecule has 0 spiro atoms. The minimum absolute atomic E-state index is 0.126. The first-order chi connectivity index (χ1) is 12.8. The summed E-state index contributed by atoms with van der Waals surface area (Å²) in [7, 11) is -0.0515. The Labute approximate surface area is 161 Å². The number of carbonyl (C=O) groups is 1. The van der Waals surface area contributed by atoms with Crippen LogP contribution in [0.2, 0.25) is 0 Å². The molecule has 0 aliphatic carbocycles. The predicted molar refractivity (Wildman–Crippen MR) is 106 cm³/mol. The van der Waals surface area contributed by atoms with Crippen LogP contribution >= 0.6 is 11.3 Å². The fourth-order valence-electron chi connectivity index (χ4n) is 2.67. The van der Waals surface area contributed by atoms with Crippen molar-refractivity contribution < 1.29 is 17.9 Å². The highest BCUT2D eigenvalue weighted by molar-refractivity contribution is 7.92. The van der Waals surface area contributed by atoms with E-state index in [0.29, 0.717) is 10.6 Å². The highest BCUT2D eigenvalue weighted by atomic mass is 32.2. The Balaban J connectivity index is 2.08. The number of hydrogen-bond donors (Lipinski definition) is 0. The van der Waals surface area contributed by atoms with Gasteiger partial charge in [0.15, 0.2) is 14.6 Å². The van der Waals surface area contributed by atoms with Crippen LogP contribution in [-0.4, -0.2) is 31.3 Å². The van der Waals surface area contributed by atoms with Crippen molar-refractivity contribution in [3.05, 3.63) is 52.8 Å². The molecule has 1 aromatic heterocycles. The number of nitrogens with zero attached hydrogens (tertiary/aromatic N) is 2. The number of sulfone groups is 1. The van der Waals surface area contributed by atoms with E-state index >= 15 is 0 Å². The van der Waals surface area contributed by atoms with Gasteiger partial charge in [-0.15, -0.1) is 0 Å². The lowest BCUT2D eigenvalue weighted by atomic mass is 10.2. The molecule has 0 radical (unpaired) electrons. The number of aryl methyl sites for hydroxylation is 1. The van der Waals surface area contributed by atoms with Gasteiger partial charge in [-0.2, -0.15) is 4.99 Å². The van der Waals surface area contributed by atoms with E-state index in [2.05, 4.69) is 4.99 Å². The van der Waals surface area contributed by atoms with E-state index in [1.807, 2.05) is 25.2 Å². The second kappa shape index (κ2) is 7.28. The van der Waals surface area contributed by atoms with Gasteiger partial charge in [0.2, 0.25) is 0 Å². The van der Waals surface area contributed by atoms with Gasteiger partial charge in [0.05, 0.1) is 22.0 Å². The summed E-state index contributed by atoms with van der Waals surface area (Å²) < 4.78 is 32.8. The molecule has 3 rings (SSSR count). The van der Waals surface area contributed by atoms with Crippen LogP contribution in [0, 0.1) is 0 Å². The summed E-state index contributed by atoms with van der Waals surface area (Å²) in [6.45, 7) is 3.22. The van der Waals surface area contributed by atoms with Crippen molar-refractivity contribution in [1.29, 1.82) is 0 Å². The maximum Gasteiger partial charge on any atom is 0.279 e. The average Bonchev–Trinajstić information content (AvgIpc) is 2.97. The predicted octanol–water partition coefficient (Wildman–Crippen LogP) is 3.17. The van der Waals surface area contributed by atoms with E-state index in [-0.39, 0.29) is 10.5 Å². The van der Waals surface area contributed by atoms with Crippen LogP contribution < -0.4 is 9.54 Å². The lowest BCUT2D eigenvalue weighted by molar-refractivity contribution is 0.0997. The van der Waals surface area contributed by atoms with Crippen molar-refractivity contribution in [3.63, 3.8) is 0 Å². The molecule has 1 amide bonds. The molecule has 0 fully saturated rings. The Bertz CT molecular complexity index is 1190. The number of fused-ring (bicyclic) bond motifs is 1. The van der Waals surface area contributed by atoms with Gasteiger partial charge < -0.3 is 9.30 Å². The third-order valence-electron chi connectivity index (χ3n) is 4.23. The molecular formula is C19H20N2O4S2. The zero-order valence-electron chi connectivity index (χ0n) is 15.5. The summed E-state index contributed by atoms with van der Waals surface area (Å²) in [5.41, 5.74) is 1.09. The minimum atomic E-state index is -3.46. The summed E-state index contributed by atoms with van der Waals surface area (Å²) in [6, 6.07) is 11.7.